The topological polar surface area (TPSA) is 43.9 Å². The molecule has 0 aliphatic heterocycles. The Hall–Kier alpha value is -4.31. The Morgan fingerprint density at radius 1 is 0.750 bits per heavy atom. The van der Waals surface area contributed by atoms with E-state index in [0.717, 1.165) is 65.3 Å². The second kappa shape index (κ2) is 10.0. The van der Waals surface area contributed by atoms with Crippen molar-refractivity contribution in [3.05, 3.63) is 128 Å². The third kappa shape index (κ3) is 4.01. The van der Waals surface area contributed by atoms with E-state index >= 15 is 0 Å². The summed E-state index contributed by atoms with van der Waals surface area (Å²) in [5, 5.41) is 3.26. The predicted octanol–water partition coefficient (Wildman–Crippen LogP) is 8.98. The first-order chi connectivity index (χ1) is 19.3. The number of fused-ring (bicyclic) bond motifs is 4. The van der Waals surface area contributed by atoms with E-state index < -0.39 is 0 Å². The van der Waals surface area contributed by atoms with Crippen molar-refractivity contribution >= 4 is 43.4 Å². The third-order valence-electron chi connectivity index (χ3n) is 7.02. The minimum absolute atomic E-state index is 0. The van der Waals surface area contributed by atoms with Gasteiger partial charge in [0.05, 0.1) is 22.7 Å². The van der Waals surface area contributed by atoms with Crippen molar-refractivity contribution in [2.24, 2.45) is 0 Å². The molecule has 0 N–H and O–H groups in total. The van der Waals surface area contributed by atoms with Crippen LogP contribution >= 0.6 is 11.3 Å². The van der Waals surface area contributed by atoms with Crippen LogP contribution in [0.1, 0.15) is 0 Å². The number of thiazole rings is 1. The largest absolute Gasteiger partial charge is 2.00 e. The fourth-order valence-corrected chi connectivity index (χ4v) is 6.32. The number of aromatic nitrogens is 3. The fraction of sp³-hybridized carbons (Fsp3) is 0. The maximum atomic E-state index is 5.35. The average molecular weight is 713 g/mol. The minimum atomic E-state index is 0. The normalized spacial score (nSPS) is 11.3. The Bertz CT molecular complexity index is 2130. The smallest absolute Gasteiger partial charge is 0.472 e. The minimum Gasteiger partial charge on any atom is -0.472 e. The average Bonchev–Trinajstić information content (AvgIpc) is 3.75. The van der Waals surface area contributed by atoms with Crippen LogP contribution in [0.5, 0.6) is 0 Å². The van der Waals surface area contributed by atoms with E-state index in [2.05, 4.69) is 82.3 Å². The van der Waals surface area contributed by atoms with Crippen LogP contribution in [-0.4, -0.2) is 14.5 Å². The van der Waals surface area contributed by atoms with Crippen molar-refractivity contribution in [3.63, 3.8) is 0 Å². The van der Waals surface area contributed by atoms with Gasteiger partial charge >= 0.3 is 21.1 Å². The maximum Gasteiger partial charge on any atom is 2.00 e. The number of para-hydroxylation sites is 1. The van der Waals surface area contributed by atoms with Crippen LogP contribution in [0.4, 0.5) is 0 Å². The Morgan fingerprint density at radius 2 is 1.65 bits per heavy atom. The van der Waals surface area contributed by atoms with Crippen LogP contribution in [0.2, 0.25) is 0 Å². The second-order valence-electron chi connectivity index (χ2n) is 9.34. The summed E-state index contributed by atoms with van der Waals surface area (Å²) < 4.78 is 8.73. The molecule has 4 aromatic carbocycles. The summed E-state index contributed by atoms with van der Waals surface area (Å²) in [6, 6.07) is 40.5. The molecule has 0 aliphatic rings. The molecule has 0 fully saturated rings. The molecule has 0 aliphatic carbocycles. The molecule has 0 saturated heterocycles. The summed E-state index contributed by atoms with van der Waals surface area (Å²) in [7, 11) is 0. The van der Waals surface area contributed by atoms with E-state index in [-0.39, 0.29) is 21.1 Å². The number of rotatable bonds is 4. The summed E-state index contributed by atoms with van der Waals surface area (Å²) in [6.45, 7) is 0. The summed E-state index contributed by atoms with van der Waals surface area (Å²) >= 11 is 1.68. The van der Waals surface area contributed by atoms with Crippen LogP contribution in [0, 0.1) is 12.1 Å². The van der Waals surface area contributed by atoms with E-state index in [1.807, 2.05) is 42.6 Å². The molecule has 0 bridgehead atoms. The van der Waals surface area contributed by atoms with Gasteiger partial charge in [-0.15, -0.1) is 53.6 Å². The number of furan rings is 1. The zero-order valence-corrected chi connectivity index (χ0v) is 24.0. The van der Waals surface area contributed by atoms with Crippen LogP contribution in [0.25, 0.3) is 70.7 Å². The van der Waals surface area contributed by atoms with Gasteiger partial charge in [-0.05, 0) is 46.5 Å². The number of hydrogen-bond acceptors (Lipinski definition) is 4. The monoisotopic (exact) mass is 712 g/mol. The van der Waals surface area contributed by atoms with Gasteiger partial charge in [-0.1, -0.05) is 47.9 Å². The molecule has 0 saturated carbocycles. The van der Waals surface area contributed by atoms with Crippen molar-refractivity contribution in [3.8, 4) is 38.6 Å². The molecule has 4 aromatic heterocycles. The molecule has 8 rings (SSSR count). The Balaban J connectivity index is 0.00000264. The molecule has 0 radical (unpaired) electrons. The quantitative estimate of drug-likeness (QED) is 0.171. The first kappa shape index (κ1) is 24.7. The van der Waals surface area contributed by atoms with E-state index in [9.17, 15) is 0 Å². The predicted molar refractivity (Wildman–Crippen MR) is 158 cm³/mol. The third-order valence-corrected chi connectivity index (χ3v) is 8.16. The standard InChI is InChI=1S/C34H19N3OS.Pt/c1-2-13-31-27(9-1)28-15-14-23(34-36-30-12-6-10-26(33(30)39-34)24-16-18-38-21-24)20-32(28)37(31)25-8-5-7-22(19-25)29-11-3-4-17-35-29;/h1-18,21H;/q-2;+2. The molecule has 0 unspecified atom stereocenters. The Labute approximate surface area is 248 Å². The van der Waals surface area contributed by atoms with Gasteiger partial charge < -0.3 is 14.0 Å². The molecule has 4 nitrogen and oxygen atoms in total. The van der Waals surface area contributed by atoms with Crippen molar-refractivity contribution < 1.29 is 25.5 Å². The molecular weight excluding hydrogens is 694 g/mol. The molecule has 4 heterocycles. The summed E-state index contributed by atoms with van der Waals surface area (Å²) in [5.74, 6) is 0. The van der Waals surface area contributed by atoms with E-state index in [1.165, 1.54) is 5.39 Å². The van der Waals surface area contributed by atoms with E-state index in [0.29, 0.717) is 0 Å². The van der Waals surface area contributed by atoms with Crippen molar-refractivity contribution in [1.82, 2.24) is 14.5 Å². The zero-order valence-electron chi connectivity index (χ0n) is 20.9. The van der Waals surface area contributed by atoms with Crippen molar-refractivity contribution in [1.29, 1.82) is 0 Å². The Morgan fingerprint density at radius 3 is 2.52 bits per heavy atom. The summed E-state index contributed by atoms with van der Waals surface area (Å²) in [5.41, 5.74) is 9.02. The SMILES string of the molecule is [Pt+2].[c-]1c(-c2ccccn2)cccc1-n1c2[c-]c(-c3nc4cccc(-c5ccoc5)c4s3)ccc2c2ccccc21. The van der Waals surface area contributed by atoms with Crippen molar-refractivity contribution in [2.75, 3.05) is 0 Å². The fourth-order valence-electron chi connectivity index (χ4n) is 5.24. The number of hydrogen-bond donors (Lipinski definition) is 0. The van der Waals surface area contributed by atoms with Crippen LogP contribution in [0.3, 0.4) is 0 Å². The van der Waals surface area contributed by atoms with E-state index in [1.54, 1.807) is 23.9 Å². The number of benzene rings is 4. The molecule has 0 amide bonds. The van der Waals surface area contributed by atoms with Gasteiger partial charge in [-0.3, -0.25) is 4.98 Å². The van der Waals surface area contributed by atoms with E-state index in [4.69, 9.17) is 9.40 Å². The van der Waals surface area contributed by atoms with Crippen LogP contribution in [-0.2, 0) is 21.1 Å². The molecule has 192 valence electrons. The molecule has 0 spiro atoms. The zero-order chi connectivity index (χ0) is 25.8. The van der Waals surface area contributed by atoms with Gasteiger partial charge in [0.15, 0.2) is 0 Å². The summed E-state index contributed by atoms with van der Waals surface area (Å²) in [6.07, 6.45) is 5.29. The van der Waals surface area contributed by atoms with Crippen LogP contribution < -0.4 is 0 Å². The first-order valence-corrected chi connectivity index (χ1v) is 13.5. The summed E-state index contributed by atoms with van der Waals surface area (Å²) in [4.78, 5) is 9.54. The molecular formula is C34H19N3OPtS. The molecule has 0 atom stereocenters. The number of nitrogens with zero attached hydrogens (tertiary/aromatic N) is 3. The number of pyridine rings is 1. The molecule has 8 aromatic rings. The molecule has 6 heteroatoms. The van der Waals surface area contributed by atoms with Gasteiger partial charge in [-0.25, -0.2) is 0 Å². The van der Waals surface area contributed by atoms with Gasteiger partial charge in [0, 0.05) is 27.8 Å². The second-order valence-corrected chi connectivity index (χ2v) is 10.3. The van der Waals surface area contributed by atoms with Gasteiger partial charge in [-0.2, -0.15) is 11.3 Å². The van der Waals surface area contributed by atoms with Crippen LogP contribution in [0.15, 0.2) is 120 Å². The van der Waals surface area contributed by atoms with Crippen molar-refractivity contribution in [2.45, 2.75) is 0 Å². The molecule has 40 heavy (non-hydrogen) atoms. The first-order valence-electron chi connectivity index (χ1n) is 12.7. The Kier molecular flexibility index (Phi) is 6.19. The van der Waals surface area contributed by atoms with Gasteiger partial charge in [0.2, 0.25) is 0 Å². The van der Waals surface area contributed by atoms with Gasteiger partial charge in [0.25, 0.3) is 0 Å². The van der Waals surface area contributed by atoms with Gasteiger partial charge in [0.1, 0.15) is 0 Å². The maximum absolute atomic E-state index is 5.35.